The molecule has 98 valence electrons. The highest BCUT2D eigenvalue weighted by atomic mass is 79.9. The van der Waals surface area contributed by atoms with Crippen LogP contribution in [-0.2, 0) is 4.79 Å². The van der Waals surface area contributed by atoms with Gasteiger partial charge in [-0.3, -0.25) is 4.79 Å². The predicted octanol–water partition coefficient (Wildman–Crippen LogP) is 4.44. The number of carbonyl (C=O) groups is 1. The standard InChI is InChI=1S/C14H18BrNOS/c1-10(15)14(17)16-11-6-8-13(9-7-11)18-12-4-2-3-5-12/h6-10,12H,2-5H2,1H3,(H,16,17). The zero-order valence-electron chi connectivity index (χ0n) is 10.5. The smallest absolute Gasteiger partial charge is 0.237 e. The average Bonchev–Trinajstić information content (AvgIpc) is 2.84. The van der Waals surface area contributed by atoms with Crippen molar-refractivity contribution in [3.63, 3.8) is 0 Å². The summed E-state index contributed by atoms with van der Waals surface area (Å²) in [6, 6.07) is 8.14. The van der Waals surface area contributed by atoms with E-state index < -0.39 is 0 Å². The van der Waals surface area contributed by atoms with Crippen LogP contribution in [0.2, 0.25) is 0 Å². The molecule has 4 heteroatoms. The number of nitrogens with one attached hydrogen (secondary N) is 1. The van der Waals surface area contributed by atoms with Crippen LogP contribution in [0.1, 0.15) is 32.6 Å². The first-order valence-electron chi connectivity index (χ1n) is 6.37. The molecule has 2 rings (SSSR count). The SMILES string of the molecule is CC(Br)C(=O)Nc1ccc(SC2CCCC2)cc1. The van der Waals surface area contributed by atoms with Gasteiger partial charge in [-0.25, -0.2) is 0 Å². The van der Waals surface area contributed by atoms with Gasteiger partial charge in [-0.2, -0.15) is 0 Å². The number of halogens is 1. The molecule has 0 aromatic heterocycles. The minimum absolute atomic E-state index is 0.00815. The first-order chi connectivity index (χ1) is 8.65. The maximum atomic E-state index is 11.5. The Morgan fingerprint density at radius 1 is 1.33 bits per heavy atom. The molecule has 0 radical (unpaired) electrons. The van der Waals surface area contributed by atoms with Crippen molar-refractivity contribution in [2.45, 2.75) is 47.6 Å². The second-order valence-electron chi connectivity index (χ2n) is 4.65. The van der Waals surface area contributed by atoms with Crippen molar-refractivity contribution in [1.29, 1.82) is 0 Å². The third-order valence-corrected chi connectivity index (χ3v) is 4.85. The Morgan fingerprint density at radius 3 is 2.50 bits per heavy atom. The molecule has 1 saturated carbocycles. The summed E-state index contributed by atoms with van der Waals surface area (Å²) in [6.07, 6.45) is 5.42. The minimum Gasteiger partial charge on any atom is -0.325 e. The second-order valence-corrected chi connectivity index (χ2v) is 7.40. The van der Waals surface area contributed by atoms with Crippen molar-refractivity contribution in [2.24, 2.45) is 0 Å². The van der Waals surface area contributed by atoms with Crippen LogP contribution in [0.4, 0.5) is 5.69 Å². The van der Waals surface area contributed by atoms with Gasteiger partial charge in [0.05, 0.1) is 4.83 Å². The van der Waals surface area contributed by atoms with Gasteiger partial charge in [0.25, 0.3) is 0 Å². The summed E-state index contributed by atoms with van der Waals surface area (Å²) in [5.41, 5.74) is 0.863. The van der Waals surface area contributed by atoms with Crippen LogP contribution in [-0.4, -0.2) is 16.0 Å². The number of alkyl halides is 1. The Kier molecular flexibility index (Phi) is 5.13. The van der Waals surface area contributed by atoms with Gasteiger partial charge in [0, 0.05) is 15.8 Å². The van der Waals surface area contributed by atoms with Crippen molar-refractivity contribution >= 4 is 39.3 Å². The van der Waals surface area contributed by atoms with E-state index in [9.17, 15) is 4.79 Å². The first kappa shape index (κ1) is 13.9. The molecule has 1 fully saturated rings. The van der Waals surface area contributed by atoms with Gasteiger partial charge in [-0.05, 0) is 44.0 Å². The van der Waals surface area contributed by atoms with Crippen LogP contribution in [0.15, 0.2) is 29.2 Å². The fourth-order valence-corrected chi connectivity index (χ4v) is 3.42. The van der Waals surface area contributed by atoms with Gasteiger partial charge in [-0.15, -0.1) is 11.8 Å². The topological polar surface area (TPSA) is 29.1 Å². The molecule has 1 aliphatic rings. The summed E-state index contributed by atoms with van der Waals surface area (Å²) >= 11 is 5.22. The van der Waals surface area contributed by atoms with Gasteiger partial charge in [0.15, 0.2) is 0 Å². The number of benzene rings is 1. The molecular formula is C14H18BrNOS. The molecule has 0 heterocycles. The lowest BCUT2D eigenvalue weighted by atomic mass is 10.3. The van der Waals surface area contributed by atoms with E-state index in [4.69, 9.17) is 0 Å². The van der Waals surface area contributed by atoms with E-state index >= 15 is 0 Å². The maximum Gasteiger partial charge on any atom is 0.237 e. The summed E-state index contributed by atoms with van der Waals surface area (Å²) in [7, 11) is 0. The van der Waals surface area contributed by atoms with Crippen LogP contribution in [0, 0.1) is 0 Å². The number of carbonyl (C=O) groups excluding carboxylic acids is 1. The normalized spacial score (nSPS) is 17.7. The van der Waals surface area contributed by atoms with Gasteiger partial charge in [0.1, 0.15) is 0 Å². The summed E-state index contributed by atoms with van der Waals surface area (Å²) < 4.78 is 0. The lowest BCUT2D eigenvalue weighted by Crippen LogP contribution is -2.19. The van der Waals surface area contributed by atoms with Crippen molar-refractivity contribution in [3.8, 4) is 0 Å². The van der Waals surface area contributed by atoms with E-state index in [1.165, 1.54) is 30.6 Å². The number of hydrogen-bond acceptors (Lipinski definition) is 2. The minimum atomic E-state index is -0.162. The highest BCUT2D eigenvalue weighted by Crippen LogP contribution is 2.34. The Labute approximate surface area is 121 Å². The molecule has 0 spiro atoms. The molecule has 0 aliphatic heterocycles. The van der Waals surface area contributed by atoms with Gasteiger partial charge < -0.3 is 5.32 Å². The lowest BCUT2D eigenvalue weighted by Gasteiger charge is -2.10. The maximum absolute atomic E-state index is 11.5. The number of thioether (sulfide) groups is 1. The average molecular weight is 328 g/mol. The fraction of sp³-hybridized carbons (Fsp3) is 0.500. The van der Waals surface area contributed by atoms with E-state index in [2.05, 4.69) is 33.4 Å². The Bertz CT molecular complexity index is 399. The molecule has 1 unspecified atom stereocenters. The third-order valence-electron chi connectivity index (χ3n) is 3.09. The van der Waals surface area contributed by atoms with E-state index in [1.807, 2.05) is 30.8 Å². The van der Waals surface area contributed by atoms with E-state index in [-0.39, 0.29) is 10.7 Å². The molecule has 1 N–H and O–H groups in total. The van der Waals surface area contributed by atoms with Crippen LogP contribution in [0.3, 0.4) is 0 Å². The van der Waals surface area contributed by atoms with E-state index in [0.29, 0.717) is 0 Å². The fourth-order valence-electron chi connectivity index (χ4n) is 2.06. The largest absolute Gasteiger partial charge is 0.325 e. The van der Waals surface area contributed by atoms with Crippen molar-refractivity contribution in [2.75, 3.05) is 5.32 Å². The highest BCUT2D eigenvalue weighted by Gasteiger charge is 2.16. The Hall–Kier alpha value is -0.480. The van der Waals surface area contributed by atoms with Crippen LogP contribution in [0.5, 0.6) is 0 Å². The van der Waals surface area contributed by atoms with Gasteiger partial charge in [-0.1, -0.05) is 28.8 Å². The molecule has 0 saturated heterocycles. The summed E-state index contributed by atoms with van der Waals surface area (Å²) in [6.45, 7) is 1.82. The first-order valence-corrected chi connectivity index (χ1v) is 8.16. The molecule has 1 aromatic carbocycles. The van der Waals surface area contributed by atoms with Crippen molar-refractivity contribution < 1.29 is 4.79 Å². The monoisotopic (exact) mass is 327 g/mol. The van der Waals surface area contributed by atoms with Gasteiger partial charge in [0.2, 0.25) is 5.91 Å². The van der Waals surface area contributed by atoms with Gasteiger partial charge >= 0.3 is 0 Å². The molecular weight excluding hydrogens is 310 g/mol. The number of hydrogen-bond donors (Lipinski definition) is 1. The molecule has 1 amide bonds. The summed E-state index contributed by atoms with van der Waals surface area (Å²) in [4.78, 5) is 12.6. The predicted molar refractivity (Wildman–Crippen MR) is 81.6 cm³/mol. The zero-order chi connectivity index (χ0) is 13.0. The molecule has 0 bridgehead atoms. The van der Waals surface area contributed by atoms with E-state index in [1.54, 1.807) is 0 Å². The molecule has 18 heavy (non-hydrogen) atoms. The molecule has 1 aromatic rings. The molecule has 2 nitrogen and oxygen atoms in total. The second kappa shape index (κ2) is 6.62. The number of anilines is 1. The third kappa shape index (κ3) is 4.02. The molecule has 1 aliphatic carbocycles. The van der Waals surface area contributed by atoms with Crippen LogP contribution >= 0.6 is 27.7 Å². The summed E-state index contributed by atoms with van der Waals surface area (Å²) in [5.74, 6) is -0.00815. The van der Waals surface area contributed by atoms with Crippen molar-refractivity contribution in [1.82, 2.24) is 0 Å². The Morgan fingerprint density at radius 2 is 1.94 bits per heavy atom. The van der Waals surface area contributed by atoms with Crippen LogP contribution < -0.4 is 5.32 Å². The van der Waals surface area contributed by atoms with Crippen molar-refractivity contribution in [3.05, 3.63) is 24.3 Å². The number of amides is 1. The molecule has 1 atom stereocenters. The number of rotatable bonds is 4. The summed E-state index contributed by atoms with van der Waals surface area (Å²) in [5, 5.41) is 3.65. The zero-order valence-corrected chi connectivity index (χ0v) is 12.9. The van der Waals surface area contributed by atoms with Crippen LogP contribution in [0.25, 0.3) is 0 Å². The lowest BCUT2D eigenvalue weighted by molar-refractivity contribution is -0.115. The van der Waals surface area contributed by atoms with E-state index in [0.717, 1.165) is 10.9 Å². The Balaban J connectivity index is 1.90. The quantitative estimate of drug-likeness (QED) is 0.828. The highest BCUT2D eigenvalue weighted by molar-refractivity contribution is 9.10.